The van der Waals surface area contributed by atoms with E-state index in [-0.39, 0.29) is 24.0 Å². The number of hydrogen-bond acceptors (Lipinski definition) is 4. The van der Waals surface area contributed by atoms with Crippen molar-refractivity contribution in [2.45, 2.75) is 32.6 Å². The van der Waals surface area contributed by atoms with Gasteiger partial charge in [-0.25, -0.2) is 0 Å². The van der Waals surface area contributed by atoms with Gasteiger partial charge in [0.05, 0.1) is 19.8 Å². The van der Waals surface area contributed by atoms with Gasteiger partial charge in [0.15, 0.2) is 5.96 Å². The Bertz CT molecular complexity index is 484. The molecule has 0 spiro atoms. The number of benzene rings is 1. The normalized spacial score (nSPS) is 11.0. The minimum absolute atomic E-state index is 0. The van der Waals surface area contributed by atoms with Crippen LogP contribution in [0.1, 0.15) is 31.7 Å². The van der Waals surface area contributed by atoms with Gasteiger partial charge in [0.2, 0.25) is 0 Å². The van der Waals surface area contributed by atoms with Crippen LogP contribution in [-0.2, 0) is 15.9 Å². The van der Waals surface area contributed by atoms with Gasteiger partial charge in [-0.3, -0.25) is 4.99 Å². The van der Waals surface area contributed by atoms with Gasteiger partial charge in [0.25, 0.3) is 0 Å². The Hall–Kier alpha value is -1.06. The topological polar surface area (TPSA) is 64.1 Å². The Morgan fingerprint density at radius 3 is 2.37 bits per heavy atom. The molecule has 0 aliphatic carbocycles. The summed E-state index contributed by atoms with van der Waals surface area (Å²) < 4.78 is 16.1. The molecule has 6 nitrogen and oxygen atoms in total. The molecule has 0 heterocycles. The molecule has 0 fully saturated rings. The standard InChI is InChI=1S/C20H35N3O3.HI/c1-4-5-15-26-19-9-7-18(8-10-19)11-13-23-20(21-2)22-12-6-14-25-17-16-24-3;/h7-10H,4-6,11-17H2,1-3H3,(H2,21,22,23);1H. The molecule has 0 aliphatic heterocycles. The summed E-state index contributed by atoms with van der Waals surface area (Å²) in [7, 11) is 3.46. The van der Waals surface area contributed by atoms with Gasteiger partial charge in [0, 0.05) is 33.9 Å². The number of nitrogens with zero attached hydrogens (tertiary/aromatic N) is 1. The summed E-state index contributed by atoms with van der Waals surface area (Å²) >= 11 is 0. The fraction of sp³-hybridized carbons (Fsp3) is 0.650. The maximum Gasteiger partial charge on any atom is 0.190 e. The van der Waals surface area contributed by atoms with Crippen LogP contribution in [0.3, 0.4) is 0 Å². The third-order valence-electron chi connectivity index (χ3n) is 3.81. The summed E-state index contributed by atoms with van der Waals surface area (Å²) in [6, 6.07) is 8.33. The number of aliphatic imine (C=N–C) groups is 1. The Morgan fingerprint density at radius 1 is 0.963 bits per heavy atom. The number of methoxy groups -OCH3 is 1. The lowest BCUT2D eigenvalue weighted by atomic mass is 10.1. The van der Waals surface area contributed by atoms with Crippen LogP contribution in [0, 0.1) is 0 Å². The van der Waals surface area contributed by atoms with E-state index in [1.54, 1.807) is 14.2 Å². The SMILES string of the molecule is CCCCOc1ccc(CCNC(=NC)NCCCOCCOC)cc1.I. The lowest BCUT2D eigenvalue weighted by molar-refractivity contribution is 0.0698. The molecule has 1 aromatic carbocycles. The molecule has 0 amide bonds. The number of guanidine groups is 1. The van der Waals surface area contributed by atoms with E-state index in [2.05, 4.69) is 34.7 Å². The van der Waals surface area contributed by atoms with Crippen LogP contribution in [0.5, 0.6) is 5.75 Å². The molecule has 27 heavy (non-hydrogen) atoms. The van der Waals surface area contributed by atoms with E-state index in [9.17, 15) is 0 Å². The summed E-state index contributed by atoms with van der Waals surface area (Å²) in [4.78, 5) is 4.24. The maximum absolute atomic E-state index is 5.69. The number of nitrogens with one attached hydrogen (secondary N) is 2. The Kier molecular flexibility index (Phi) is 17.6. The second kappa shape index (κ2) is 18.3. The van der Waals surface area contributed by atoms with Crippen LogP contribution < -0.4 is 15.4 Å². The van der Waals surface area contributed by atoms with Crippen LogP contribution in [0.15, 0.2) is 29.3 Å². The smallest absolute Gasteiger partial charge is 0.190 e. The third-order valence-corrected chi connectivity index (χ3v) is 3.81. The molecule has 7 heteroatoms. The van der Waals surface area contributed by atoms with E-state index in [0.717, 1.165) is 63.7 Å². The molecule has 0 saturated carbocycles. The molecule has 0 aromatic heterocycles. The Labute approximate surface area is 181 Å². The number of rotatable bonds is 14. The number of hydrogen-bond donors (Lipinski definition) is 2. The summed E-state index contributed by atoms with van der Waals surface area (Å²) in [5, 5.41) is 6.62. The molecule has 0 unspecified atom stereocenters. The fourth-order valence-corrected chi connectivity index (χ4v) is 2.26. The first-order valence-corrected chi connectivity index (χ1v) is 9.53. The average molecular weight is 493 g/mol. The maximum atomic E-state index is 5.69. The van der Waals surface area contributed by atoms with E-state index in [4.69, 9.17) is 14.2 Å². The van der Waals surface area contributed by atoms with E-state index >= 15 is 0 Å². The molecule has 0 radical (unpaired) electrons. The van der Waals surface area contributed by atoms with Crippen molar-refractivity contribution < 1.29 is 14.2 Å². The summed E-state index contributed by atoms with van der Waals surface area (Å²) in [6.45, 7) is 6.63. The predicted molar refractivity (Wildman–Crippen MR) is 123 cm³/mol. The molecule has 0 aliphatic rings. The minimum Gasteiger partial charge on any atom is -0.494 e. The zero-order valence-electron chi connectivity index (χ0n) is 17.0. The van der Waals surface area contributed by atoms with E-state index < -0.39 is 0 Å². The van der Waals surface area contributed by atoms with Crippen LogP contribution in [-0.4, -0.2) is 59.6 Å². The highest BCUT2D eigenvalue weighted by Crippen LogP contribution is 2.12. The third kappa shape index (κ3) is 13.7. The lowest BCUT2D eigenvalue weighted by Crippen LogP contribution is -2.39. The fourth-order valence-electron chi connectivity index (χ4n) is 2.26. The highest BCUT2D eigenvalue weighted by atomic mass is 127. The minimum atomic E-state index is 0. The van der Waals surface area contributed by atoms with Gasteiger partial charge in [-0.05, 0) is 37.0 Å². The van der Waals surface area contributed by atoms with Gasteiger partial charge >= 0.3 is 0 Å². The molecular formula is C20H36IN3O3. The summed E-state index contributed by atoms with van der Waals surface area (Å²) in [6.07, 6.45) is 4.12. The summed E-state index contributed by atoms with van der Waals surface area (Å²) in [5.41, 5.74) is 1.28. The van der Waals surface area contributed by atoms with Crippen molar-refractivity contribution in [2.75, 3.05) is 53.7 Å². The molecule has 2 N–H and O–H groups in total. The van der Waals surface area contributed by atoms with Gasteiger partial charge in [-0.1, -0.05) is 25.5 Å². The quantitative estimate of drug-likeness (QED) is 0.180. The number of ether oxygens (including phenoxy) is 3. The molecule has 156 valence electrons. The molecule has 1 aromatic rings. The molecule has 0 atom stereocenters. The van der Waals surface area contributed by atoms with E-state index in [1.807, 2.05) is 12.1 Å². The average Bonchev–Trinajstić information content (AvgIpc) is 2.67. The van der Waals surface area contributed by atoms with Gasteiger partial charge < -0.3 is 24.8 Å². The predicted octanol–water partition coefficient (Wildman–Crippen LogP) is 3.24. The monoisotopic (exact) mass is 493 g/mol. The van der Waals surface area contributed by atoms with Gasteiger partial charge in [-0.15, -0.1) is 24.0 Å². The van der Waals surface area contributed by atoms with Crippen LogP contribution in [0.4, 0.5) is 0 Å². The van der Waals surface area contributed by atoms with Crippen molar-refractivity contribution in [1.29, 1.82) is 0 Å². The highest BCUT2D eigenvalue weighted by molar-refractivity contribution is 14.0. The van der Waals surface area contributed by atoms with E-state index in [1.165, 1.54) is 5.56 Å². The second-order valence-electron chi connectivity index (χ2n) is 5.98. The van der Waals surface area contributed by atoms with Gasteiger partial charge in [-0.2, -0.15) is 0 Å². The Morgan fingerprint density at radius 2 is 1.70 bits per heavy atom. The van der Waals surface area contributed by atoms with Crippen molar-refractivity contribution >= 4 is 29.9 Å². The first-order valence-electron chi connectivity index (χ1n) is 9.53. The zero-order chi connectivity index (χ0) is 18.9. The van der Waals surface area contributed by atoms with Crippen LogP contribution in [0.25, 0.3) is 0 Å². The first kappa shape index (κ1) is 25.9. The summed E-state index contributed by atoms with van der Waals surface area (Å²) in [5.74, 6) is 1.77. The molecule has 1 rings (SSSR count). The van der Waals surface area contributed by atoms with Crippen molar-refractivity contribution in [2.24, 2.45) is 4.99 Å². The molecule has 0 bridgehead atoms. The largest absolute Gasteiger partial charge is 0.494 e. The number of halogens is 1. The zero-order valence-corrected chi connectivity index (χ0v) is 19.3. The Balaban J connectivity index is 0.00000676. The van der Waals surface area contributed by atoms with Crippen molar-refractivity contribution in [3.05, 3.63) is 29.8 Å². The van der Waals surface area contributed by atoms with Crippen molar-refractivity contribution in [3.63, 3.8) is 0 Å². The van der Waals surface area contributed by atoms with Crippen molar-refractivity contribution in [3.8, 4) is 5.75 Å². The number of unbranched alkanes of at least 4 members (excludes halogenated alkanes) is 1. The first-order chi connectivity index (χ1) is 12.8. The van der Waals surface area contributed by atoms with Gasteiger partial charge in [0.1, 0.15) is 5.75 Å². The van der Waals surface area contributed by atoms with E-state index in [0.29, 0.717) is 13.2 Å². The molecular weight excluding hydrogens is 457 g/mol. The lowest BCUT2D eigenvalue weighted by Gasteiger charge is -2.12. The van der Waals surface area contributed by atoms with Crippen LogP contribution >= 0.6 is 24.0 Å². The van der Waals surface area contributed by atoms with Crippen molar-refractivity contribution in [1.82, 2.24) is 10.6 Å². The van der Waals surface area contributed by atoms with Crippen LogP contribution in [0.2, 0.25) is 0 Å². The second-order valence-corrected chi connectivity index (χ2v) is 5.98. The highest BCUT2D eigenvalue weighted by Gasteiger charge is 1.99. The molecule has 0 saturated heterocycles.